The maximum Gasteiger partial charge on any atom is 0.251 e. The second-order valence-electron chi connectivity index (χ2n) is 5.07. The third-order valence-corrected chi connectivity index (χ3v) is 3.56. The fourth-order valence-corrected chi connectivity index (χ4v) is 2.49. The Bertz CT molecular complexity index is 637. The van der Waals surface area contributed by atoms with E-state index in [9.17, 15) is 4.79 Å². The van der Waals surface area contributed by atoms with Gasteiger partial charge in [0.1, 0.15) is 0 Å². The van der Waals surface area contributed by atoms with Crippen LogP contribution in [0.2, 0.25) is 5.02 Å². The van der Waals surface area contributed by atoms with E-state index in [1.165, 1.54) is 11.1 Å². The van der Waals surface area contributed by atoms with Crippen molar-refractivity contribution in [3.63, 3.8) is 0 Å². The molecular weight excluding hydrogens is 270 g/mol. The van der Waals surface area contributed by atoms with E-state index >= 15 is 0 Å². The van der Waals surface area contributed by atoms with Crippen LogP contribution < -0.4 is 5.32 Å². The van der Waals surface area contributed by atoms with Crippen molar-refractivity contribution in [1.82, 2.24) is 5.32 Å². The molecule has 0 radical (unpaired) electrons. The summed E-state index contributed by atoms with van der Waals surface area (Å²) in [6, 6.07) is 13.2. The van der Waals surface area contributed by atoms with E-state index in [1.807, 2.05) is 6.92 Å². The maximum absolute atomic E-state index is 12.2. The predicted molar refractivity (Wildman–Crippen MR) is 83.2 cm³/mol. The van der Waals surface area contributed by atoms with Crippen molar-refractivity contribution < 1.29 is 4.79 Å². The molecule has 0 bridgehead atoms. The predicted octanol–water partition coefficient (Wildman–Crippen LogP) is 4.45. The monoisotopic (exact) mass is 287 g/mol. The first-order valence-electron chi connectivity index (χ1n) is 6.61. The Morgan fingerprint density at radius 2 is 1.90 bits per heavy atom. The fraction of sp³-hybridized carbons (Fsp3) is 0.235. The van der Waals surface area contributed by atoms with Crippen molar-refractivity contribution in [2.45, 2.75) is 26.8 Å². The van der Waals surface area contributed by atoms with E-state index in [0.717, 1.165) is 5.56 Å². The number of carbonyl (C=O) groups excluding carboxylic acids is 1. The summed E-state index contributed by atoms with van der Waals surface area (Å²) in [6.07, 6.45) is 0. The second-order valence-corrected chi connectivity index (χ2v) is 5.50. The zero-order valence-corrected chi connectivity index (χ0v) is 12.7. The van der Waals surface area contributed by atoms with E-state index in [-0.39, 0.29) is 11.9 Å². The molecule has 0 unspecified atom stereocenters. The van der Waals surface area contributed by atoms with Crippen molar-refractivity contribution in [3.05, 3.63) is 69.7 Å². The topological polar surface area (TPSA) is 29.1 Å². The number of rotatable bonds is 3. The van der Waals surface area contributed by atoms with Gasteiger partial charge in [0.05, 0.1) is 6.04 Å². The highest BCUT2D eigenvalue weighted by molar-refractivity contribution is 6.30. The molecule has 1 atom stereocenters. The third kappa shape index (κ3) is 3.40. The Balaban J connectivity index is 2.15. The van der Waals surface area contributed by atoms with Gasteiger partial charge in [0.15, 0.2) is 0 Å². The average molecular weight is 288 g/mol. The minimum atomic E-state index is -0.111. The maximum atomic E-state index is 12.2. The largest absolute Gasteiger partial charge is 0.346 e. The summed E-state index contributed by atoms with van der Waals surface area (Å²) in [7, 11) is 0. The summed E-state index contributed by atoms with van der Waals surface area (Å²) in [5.74, 6) is -0.111. The summed E-state index contributed by atoms with van der Waals surface area (Å²) in [5, 5.41) is 3.57. The smallest absolute Gasteiger partial charge is 0.251 e. The highest BCUT2D eigenvalue weighted by Gasteiger charge is 2.13. The molecule has 0 heterocycles. The van der Waals surface area contributed by atoms with Crippen LogP contribution in [-0.4, -0.2) is 5.91 Å². The summed E-state index contributed by atoms with van der Waals surface area (Å²) in [4.78, 5) is 12.2. The van der Waals surface area contributed by atoms with E-state index in [1.54, 1.807) is 24.3 Å². The van der Waals surface area contributed by atoms with Crippen LogP contribution in [-0.2, 0) is 0 Å². The van der Waals surface area contributed by atoms with Crippen molar-refractivity contribution in [2.75, 3.05) is 0 Å². The van der Waals surface area contributed by atoms with Crippen LogP contribution >= 0.6 is 11.6 Å². The first-order chi connectivity index (χ1) is 9.47. The van der Waals surface area contributed by atoms with Crippen LogP contribution in [0, 0.1) is 13.8 Å². The van der Waals surface area contributed by atoms with Gasteiger partial charge in [0, 0.05) is 10.6 Å². The molecule has 0 saturated heterocycles. The molecular formula is C17H18ClNO. The summed E-state index contributed by atoms with van der Waals surface area (Å²) >= 11 is 5.91. The van der Waals surface area contributed by atoms with Crippen LogP contribution in [0.1, 0.15) is 40.0 Å². The molecule has 2 aromatic rings. The lowest BCUT2D eigenvalue weighted by Crippen LogP contribution is -2.27. The van der Waals surface area contributed by atoms with Crippen LogP contribution in [0.4, 0.5) is 0 Å². The number of hydrogen-bond acceptors (Lipinski definition) is 1. The van der Waals surface area contributed by atoms with Crippen LogP contribution in [0.25, 0.3) is 0 Å². The van der Waals surface area contributed by atoms with Gasteiger partial charge in [-0.3, -0.25) is 4.79 Å². The summed E-state index contributed by atoms with van der Waals surface area (Å²) in [6.45, 7) is 6.11. The van der Waals surface area contributed by atoms with E-state index in [0.29, 0.717) is 10.6 Å². The molecule has 104 valence electrons. The lowest BCUT2D eigenvalue weighted by molar-refractivity contribution is 0.0940. The quantitative estimate of drug-likeness (QED) is 0.888. The molecule has 1 amide bonds. The van der Waals surface area contributed by atoms with Gasteiger partial charge in [-0.25, -0.2) is 0 Å². The number of halogens is 1. The second kappa shape index (κ2) is 6.10. The van der Waals surface area contributed by atoms with Crippen LogP contribution in [0.15, 0.2) is 42.5 Å². The number of carbonyl (C=O) groups is 1. The molecule has 2 aromatic carbocycles. The number of hydrogen-bond donors (Lipinski definition) is 1. The van der Waals surface area contributed by atoms with Crippen molar-refractivity contribution in [2.24, 2.45) is 0 Å². The van der Waals surface area contributed by atoms with Gasteiger partial charge in [-0.05, 0) is 50.1 Å². The van der Waals surface area contributed by atoms with Gasteiger partial charge >= 0.3 is 0 Å². The Kier molecular flexibility index (Phi) is 4.46. The van der Waals surface area contributed by atoms with E-state index in [4.69, 9.17) is 11.6 Å². The van der Waals surface area contributed by atoms with E-state index < -0.39 is 0 Å². The van der Waals surface area contributed by atoms with Gasteiger partial charge in [-0.15, -0.1) is 0 Å². The lowest BCUT2D eigenvalue weighted by atomic mass is 10.00. The van der Waals surface area contributed by atoms with Crippen LogP contribution in [0.5, 0.6) is 0 Å². The average Bonchev–Trinajstić information content (AvgIpc) is 2.38. The Morgan fingerprint density at radius 3 is 2.55 bits per heavy atom. The minimum absolute atomic E-state index is 0.0397. The van der Waals surface area contributed by atoms with E-state index in [2.05, 4.69) is 37.4 Å². The van der Waals surface area contributed by atoms with Gasteiger partial charge in [0.2, 0.25) is 0 Å². The van der Waals surface area contributed by atoms with Crippen molar-refractivity contribution in [1.29, 1.82) is 0 Å². The highest BCUT2D eigenvalue weighted by Crippen LogP contribution is 2.19. The van der Waals surface area contributed by atoms with Crippen molar-refractivity contribution in [3.8, 4) is 0 Å². The first kappa shape index (κ1) is 14.6. The molecule has 0 spiro atoms. The molecule has 0 aliphatic rings. The third-order valence-electron chi connectivity index (χ3n) is 3.33. The standard InChI is InChI=1S/C17H18ClNO/c1-11-7-8-16(12(2)9-11)13(3)19-17(20)14-5-4-6-15(18)10-14/h4-10,13H,1-3H3,(H,19,20)/t13-/m1/s1. The molecule has 0 saturated carbocycles. The minimum Gasteiger partial charge on any atom is -0.346 e. The molecule has 0 aromatic heterocycles. The molecule has 0 aliphatic carbocycles. The molecule has 3 heteroatoms. The zero-order valence-electron chi connectivity index (χ0n) is 11.9. The summed E-state index contributed by atoms with van der Waals surface area (Å²) in [5.41, 5.74) is 4.11. The Labute approximate surface area is 124 Å². The zero-order chi connectivity index (χ0) is 14.7. The van der Waals surface area contributed by atoms with Gasteiger partial charge in [-0.1, -0.05) is 41.4 Å². The fourth-order valence-electron chi connectivity index (χ4n) is 2.30. The number of benzene rings is 2. The Hall–Kier alpha value is -1.80. The van der Waals surface area contributed by atoms with Crippen molar-refractivity contribution >= 4 is 17.5 Å². The van der Waals surface area contributed by atoms with Gasteiger partial charge < -0.3 is 5.32 Å². The van der Waals surface area contributed by atoms with Gasteiger partial charge in [0.25, 0.3) is 5.91 Å². The van der Waals surface area contributed by atoms with Crippen LogP contribution in [0.3, 0.4) is 0 Å². The van der Waals surface area contributed by atoms with Gasteiger partial charge in [-0.2, -0.15) is 0 Å². The number of amides is 1. The summed E-state index contributed by atoms with van der Waals surface area (Å²) < 4.78 is 0. The number of aryl methyl sites for hydroxylation is 2. The lowest BCUT2D eigenvalue weighted by Gasteiger charge is -2.17. The highest BCUT2D eigenvalue weighted by atomic mass is 35.5. The molecule has 2 rings (SSSR count). The number of nitrogens with one attached hydrogen (secondary N) is 1. The molecule has 0 aliphatic heterocycles. The molecule has 0 fully saturated rings. The molecule has 2 nitrogen and oxygen atoms in total. The SMILES string of the molecule is Cc1ccc([C@@H](C)NC(=O)c2cccc(Cl)c2)c(C)c1. The molecule has 20 heavy (non-hydrogen) atoms. The Morgan fingerprint density at radius 1 is 1.15 bits per heavy atom. The first-order valence-corrected chi connectivity index (χ1v) is 6.99. The normalized spacial score (nSPS) is 12.0. The molecule has 1 N–H and O–H groups in total.